The highest BCUT2D eigenvalue weighted by Gasteiger charge is 2.40. The molecule has 1 aromatic carbocycles. The monoisotopic (exact) mass is 436 g/mol. The van der Waals surface area contributed by atoms with E-state index >= 15 is 0 Å². The number of ether oxygens (including phenoxy) is 1. The molecular formula is C25H28N2O3S. The minimum absolute atomic E-state index is 0.0364. The summed E-state index contributed by atoms with van der Waals surface area (Å²) >= 11 is 1.43. The first-order chi connectivity index (χ1) is 15.1. The molecule has 2 aliphatic carbocycles. The van der Waals surface area contributed by atoms with E-state index in [4.69, 9.17) is 4.74 Å². The lowest BCUT2D eigenvalue weighted by molar-refractivity contribution is -0.117. The van der Waals surface area contributed by atoms with Crippen molar-refractivity contribution in [2.45, 2.75) is 63.7 Å². The maximum atomic E-state index is 12.8. The van der Waals surface area contributed by atoms with E-state index in [1.165, 1.54) is 24.2 Å². The van der Waals surface area contributed by atoms with Gasteiger partial charge in [0.1, 0.15) is 5.00 Å². The van der Waals surface area contributed by atoms with Crippen LogP contribution in [0.3, 0.4) is 0 Å². The van der Waals surface area contributed by atoms with Crippen molar-refractivity contribution >= 4 is 28.2 Å². The molecule has 1 fully saturated rings. The van der Waals surface area contributed by atoms with Crippen molar-refractivity contribution in [1.29, 1.82) is 5.26 Å². The molecule has 0 saturated heterocycles. The van der Waals surface area contributed by atoms with Gasteiger partial charge in [-0.2, -0.15) is 5.26 Å². The lowest BCUT2D eigenvalue weighted by atomic mass is 9.70. The molecule has 0 radical (unpaired) electrons. The van der Waals surface area contributed by atoms with Crippen molar-refractivity contribution < 1.29 is 14.3 Å². The van der Waals surface area contributed by atoms with Crippen molar-refractivity contribution in [3.63, 3.8) is 0 Å². The summed E-state index contributed by atoms with van der Waals surface area (Å²) in [5.41, 5.74) is 1.81. The van der Waals surface area contributed by atoms with E-state index in [1.54, 1.807) is 6.92 Å². The number of amides is 1. The van der Waals surface area contributed by atoms with Gasteiger partial charge in [0.2, 0.25) is 5.91 Å². The summed E-state index contributed by atoms with van der Waals surface area (Å²) in [6, 6.07) is 12.4. The average molecular weight is 437 g/mol. The Morgan fingerprint density at radius 3 is 2.68 bits per heavy atom. The van der Waals surface area contributed by atoms with Crippen LogP contribution in [0, 0.1) is 17.2 Å². The van der Waals surface area contributed by atoms with Crippen molar-refractivity contribution in [2.24, 2.45) is 5.92 Å². The standard InChI is InChI=1S/C25H28N2O3S/c1-2-30-24(29)22-19-12-13-25(16-26,18-10-4-3-5-11-18)15-20(19)31-23(22)27-21(28)14-17-8-6-7-9-17/h3-5,10-11,17H,2,6-9,12-15H2,1H3,(H,27,28)/t25-/m0/s1. The SMILES string of the molecule is CCOC(=O)c1c(NC(=O)CC2CCCC2)sc2c1CC[C@](C#N)(c1ccccc1)C2. The number of carbonyl (C=O) groups excluding carboxylic acids is 2. The number of nitrogens with one attached hydrogen (secondary N) is 1. The number of fused-ring (bicyclic) bond motifs is 1. The zero-order chi connectivity index (χ0) is 21.8. The van der Waals surface area contributed by atoms with Crippen molar-refractivity contribution in [3.8, 4) is 6.07 Å². The number of thiophene rings is 1. The fraction of sp³-hybridized carbons (Fsp3) is 0.480. The molecule has 1 amide bonds. The average Bonchev–Trinajstić information content (AvgIpc) is 3.41. The van der Waals surface area contributed by atoms with Gasteiger partial charge in [0.15, 0.2) is 0 Å². The Kier molecular flexibility index (Phi) is 6.43. The number of hydrogen-bond acceptors (Lipinski definition) is 5. The van der Waals surface area contributed by atoms with E-state index in [-0.39, 0.29) is 18.5 Å². The Hall–Kier alpha value is -2.65. The maximum absolute atomic E-state index is 12.8. The quantitative estimate of drug-likeness (QED) is 0.616. The molecule has 5 nitrogen and oxygen atoms in total. The zero-order valence-corrected chi connectivity index (χ0v) is 18.7. The molecule has 0 bridgehead atoms. The first-order valence-corrected chi connectivity index (χ1v) is 12.0. The minimum Gasteiger partial charge on any atom is -0.462 e. The number of rotatable bonds is 6. The smallest absolute Gasteiger partial charge is 0.341 e. The molecule has 31 heavy (non-hydrogen) atoms. The third-order valence-corrected chi connectivity index (χ3v) is 7.72. The Morgan fingerprint density at radius 2 is 2.00 bits per heavy atom. The molecule has 0 spiro atoms. The van der Waals surface area contributed by atoms with Gasteiger partial charge in [-0.25, -0.2) is 4.79 Å². The van der Waals surface area contributed by atoms with Gasteiger partial charge in [-0.05, 0) is 49.7 Å². The highest BCUT2D eigenvalue weighted by atomic mass is 32.1. The fourth-order valence-electron chi connectivity index (χ4n) is 4.95. The van der Waals surface area contributed by atoms with Crippen LogP contribution >= 0.6 is 11.3 Å². The molecule has 2 aliphatic rings. The van der Waals surface area contributed by atoms with Crippen LogP contribution in [-0.4, -0.2) is 18.5 Å². The number of esters is 1. The van der Waals surface area contributed by atoms with Gasteiger partial charge in [0.25, 0.3) is 0 Å². The second-order valence-corrected chi connectivity index (χ2v) is 9.67. The molecule has 1 saturated carbocycles. The normalized spacial score (nSPS) is 20.6. The van der Waals surface area contributed by atoms with E-state index in [0.717, 1.165) is 28.8 Å². The summed E-state index contributed by atoms with van der Waals surface area (Å²) < 4.78 is 5.32. The van der Waals surface area contributed by atoms with Crippen LogP contribution in [0.5, 0.6) is 0 Å². The molecule has 1 N–H and O–H groups in total. The number of anilines is 1. The zero-order valence-electron chi connectivity index (χ0n) is 17.9. The van der Waals surface area contributed by atoms with Crippen LogP contribution in [-0.2, 0) is 27.8 Å². The van der Waals surface area contributed by atoms with Gasteiger partial charge in [-0.3, -0.25) is 4.79 Å². The minimum atomic E-state index is -0.615. The Morgan fingerprint density at radius 1 is 1.26 bits per heavy atom. The molecule has 4 rings (SSSR count). The number of hydrogen-bond donors (Lipinski definition) is 1. The summed E-state index contributed by atoms with van der Waals surface area (Å²) in [6.45, 7) is 2.07. The Balaban J connectivity index is 1.64. The molecule has 1 atom stereocenters. The van der Waals surface area contributed by atoms with Crippen molar-refractivity contribution in [2.75, 3.05) is 11.9 Å². The van der Waals surface area contributed by atoms with Crippen molar-refractivity contribution in [3.05, 3.63) is 51.9 Å². The highest BCUT2D eigenvalue weighted by molar-refractivity contribution is 7.17. The molecule has 1 heterocycles. The van der Waals surface area contributed by atoms with Gasteiger partial charge >= 0.3 is 5.97 Å². The highest BCUT2D eigenvalue weighted by Crippen LogP contribution is 2.45. The lowest BCUT2D eigenvalue weighted by Crippen LogP contribution is -2.31. The summed E-state index contributed by atoms with van der Waals surface area (Å²) in [6.07, 6.45) is 6.86. The molecule has 162 valence electrons. The number of carbonyl (C=O) groups is 2. The first kappa shape index (κ1) is 21.6. The van der Waals surface area contributed by atoms with Gasteiger partial charge in [0, 0.05) is 17.7 Å². The molecular weight excluding hydrogens is 408 g/mol. The van der Waals surface area contributed by atoms with E-state index in [0.29, 0.717) is 42.2 Å². The van der Waals surface area contributed by atoms with Crippen LogP contribution in [0.2, 0.25) is 0 Å². The summed E-state index contributed by atoms with van der Waals surface area (Å²) in [7, 11) is 0. The van der Waals surface area contributed by atoms with Gasteiger partial charge in [0.05, 0.1) is 23.7 Å². The topological polar surface area (TPSA) is 79.2 Å². The van der Waals surface area contributed by atoms with E-state index in [1.807, 2.05) is 30.3 Å². The molecule has 0 aliphatic heterocycles. The third-order valence-electron chi connectivity index (χ3n) is 6.58. The van der Waals surface area contributed by atoms with Gasteiger partial charge in [-0.15, -0.1) is 11.3 Å². The van der Waals surface area contributed by atoms with Crippen LogP contribution in [0.1, 0.15) is 71.8 Å². The Bertz CT molecular complexity index is 1000. The van der Waals surface area contributed by atoms with Crippen LogP contribution in [0.25, 0.3) is 0 Å². The molecule has 6 heteroatoms. The Labute approximate surface area is 187 Å². The van der Waals surface area contributed by atoms with Gasteiger partial charge < -0.3 is 10.1 Å². The lowest BCUT2D eigenvalue weighted by Gasteiger charge is -2.31. The number of benzene rings is 1. The fourth-order valence-corrected chi connectivity index (χ4v) is 6.31. The van der Waals surface area contributed by atoms with Gasteiger partial charge in [-0.1, -0.05) is 43.2 Å². The summed E-state index contributed by atoms with van der Waals surface area (Å²) in [5.74, 6) is 0.0101. The first-order valence-electron chi connectivity index (χ1n) is 11.1. The third kappa shape index (κ3) is 4.38. The second-order valence-electron chi connectivity index (χ2n) is 8.57. The largest absolute Gasteiger partial charge is 0.462 e. The van der Waals surface area contributed by atoms with Crippen LogP contribution in [0.4, 0.5) is 5.00 Å². The molecule has 1 aromatic heterocycles. The maximum Gasteiger partial charge on any atom is 0.341 e. The van der Waals surface area contributed by atoms with Crippen molar-refractivity contribution in [1.82, 2.24) is 0 Å². The second kappa shape index (κ2) is 9.23. The van der Waals surface area contributed by atoms with Crippen LogP contribution < -0.4 is 5.32 Å². The summed E-state index contributed by atoms with van der Waals surface area (Å²) in [4.78, 5) is 26.5. The number of nitrogens with zero attached hydrogens (tertiary/aromatic N) is 1. The number of nitriles is 1. The predicted molar refractivity (Wildman–Crippen MR) is 121 cm³/mol. The van der Waals surface area contributed by atoms with Crippen LogP contribution in [0.15, 0.2) is 30.3 Å². The predicted octanol–water partition coefficient (Wildman–Crippen LogP) is 5.39. The molecule has 2 aromatic rings. The van der Waals surface area contributed by atoms with E-state index in [2.05, 4.69) is 11.4 Å². The van der Waals surface area contributed by atoms with E-state index in [9.17, 15) is 14.9 Å². The van der Waals surface area contributed by atoms with E-state index < -0.39 is 5.41 Å². The summed E-state index contributed by atoms with van der Waals surface area (Å²) in [5, 5.41) is 13.7. The molecule has 0 unspecified atom stereocenters.